The quantitative estimate of drug-likeness (QED) is 0.848. The van der Waals surface area contributed by atoms with Gasteiger partial charge in [-0.05, 0) is 24.6 Å². The molecule has 0 bridgehead atoms. The van der Waals surface area contributed by atoms with Gasteiger partial charge in [0.25, 0.3) is 5.56 Å². The number of rotatable bonds is 4. The number of aromatic carboxylic acids is 1. The molecule has 2 N–H and O–H groups in total. The Morgan fingerprint density at radius 1 is 1.33 bits per heavy atom. The molecule has 2 aromatic rings. The summed E-state index contributed by atoms with van der Waals surface area (Å²) in [5.74, 6) is -0.224. The number of nitrogens with one attached hydrogen (secondary N) is 1. The van der Waals surface area contributed by atoms with Crippen molar-refractivity contribution in [2.24, 2.45) is 0 Å². The van der Waals surface area contributed by atoms with E-state index in [0.717, 1.165) is 4.90 Å². The minimum atomic E-state index is -0.961. The summed E-state index contributed by atoms with van der Waals surface area (Å²) in [6, 6.07) is 6.59. The van der Waals surface area contributed by atoms with E-state index in [-0.39, 0.29) is 17.0 Å². The van der Waals surface area contributed by atoms with Crippen molar-refractivity contribution in [1.29, 1.82) is 0 Å². The van der Waals surface area contributed by atoms with Crippen molar-refractivity contribution in [3.8, 4) is 0 Å². The van der Waals surface area contributed by atoms with Gasteiger partial charge in [-0.2, -0.15) is 0 Å². The zero-order valence-electron chi connectivity index (χ0n) is 12.0. The van der Waals surface area contributed by atoms with Crippen LogP contribution < -0.4 is 5.56 Å². The van der Waals surface area contributed by atoms with Gasteiger partial charge >= 0.3 is 5.97 Å². The van der Waals surface area contributed by atoms with Crippen LogP contribution in [-0.2, 0) is 0 Å². The molecule has 0 aliphatic rings. The van der Waals surface area contributed by atoms with Gasteiger partial charge in [0.05, 0.1) is 5.56 Å². The molecule has 0 atom stereocenters. The maximum Gasteiger partial charge on any atom is 0.335 e. The molecule has 0 aliphatic heterocycles. The smallest absolute Gasteiger partial charge is 0.335 e. The minimum Gasteiger partial charge on any atom is -0.478 e. The Morgan fingerprint density at radius 2 is 2.05 bits per heavy atom. The molecule has 0 aliphatic carbocycles. The van der Waals surface area contributed by atoms with E-state index >= 15 is 0 Å². The van der Waals surface area contributed by atoms with E-state index in [9.17, 15) is 9.59 Å². The lowest BCUT2D eigenvalue weighted by atomic mass is 10.1. The van der Waals surface area contributed by atoms with E-state index in [4.69, 9.17) is 5.11 Å². The second-order valence-electron chi connectivity index (χ2n) is 5.01. The van der Waals surface area contributed by atoms with E-state index in [0.29, 0.717) is 16.4 Å². The number of carbonyl (C=O) groups is 1. The number of benzene rings is 1. The van der Waals surface area contributed by atoms with E-state index in [1.165, 1.54) is 17.8 Å². The highest BCUT2D eigenvalue weighted by molar-refractivity contribution is 7.99. The van der Waals surface area contributed by atoms with Crippen LogP contribution in [0.25, 0.3) is 0 Å². The fourth-order valence-electron chi connectivity index (χ4n) is 1.79. The largest absolute Gasteiger partial charge is 0.478 e. The number of carboxylic acid groups (broad SMARTS) is 1. The van der Waals surface area contributed by atoms with E-state index in [2.05, 4.69) is 9.97 Å². The number of hydrogen-bond acceptors (Lipinski definition) is 4. The third-order valence-corrected chi connectivity index (χ3v) is 3.85. The Labute approximate surface area is 126 Å². The Bertz CT molecular complexity index is 738. The number of aromatic nitrogens is 2. The summed E-state index contributed by atoms with van der Waals surface area (Å²) in [5.41, 5.74) is 0.754. The van der Waals surface area contributed by atoms with Gasteiger partial charge in [-0.25, -0.2) is 9.78 Å². The lowest BCUT2D eigenvalue weighted by Crippen LogP contribution is -2.11. The Hall–Kier alpha value is -2.08. The highest BCUT2D eigenvalue weighted by Gasteiger charge is 2.10. The molecule has 0 unspecified atom stereocenters. The van der Waals surface area contributed by atoms with Gasteiger partial charge in [-0.3, -0.25) is 4.79 Å². The highest BCUT2D eigenvalue weighted by atomic mass is 32.2. The van der Waals surface area contributed by atoms with E-state index in [1.54, 1.807) is 19.1 Å². The van der Waals surface area contributed by atoms with Crippen molar-refractivity contribution in [2.45, 2.75) is 36.6 Å². The molecule has 21 heavy (non-hydrogen) atoms. The monoisotopic (exact) mass is 304 g/mol. The summed E-state index contributed by atoms with van der Waals surface area (Å²) >= 11 is 1.28. The molecule has 1 aromatic carbocycles. The number of carboxylic acids is 1. The van der Waals surface area contributed by atoms with Crippen molar-refractivity contribution in [1.82, 2.24) is 9.97 Å². The zero-order valence-corrected chi connectivity index (χ0v) is 12.8. The number of nitrogens with zero attached hydrogens (tertiary/aromatic N) is 1. The third-order valence-electron chi connectivity index (χ3n) is 2.95. The average molecular weight is 304 g/mol. The molecule has 1 heterocycles. The summed E-state index contributed by atoms with van der Waals surface area (Å²) in [6.07, 6.45) is 0. The Kier molecular flexibility index (Phi) is 4.47. The molecular weight excluding hydrogens is 288 g/mol. The van der Waals surface area contributed by atoms with Crippen LogP contribution in [0.2, 0.25) is 0 Å². The SMILES string of the molecule is Cc1ccc(Sc2cc(=O)[nH]c(C(C)C)n2)cc1C(=O)O. The van der Waals surface area contributed by atoms with Crippen LogP contribution in [0.4, 0.5) is 0 Å². The van der Waals surface area contributed by atoms with Gasteiger partial charge in [-0.15, -0.1) is 0 Å². The first-order chi connectivity index (χ1) is 9.86. The van der Waals surface area contributed by atoms with Crippen molar-refractivity contribution >= 4 is 17.7 Å². The van der Waals surface area contributed by atoms with Crippen LogP contribution in [-0.4, -0.2) is 21.0 Å². The van der Waals surface area contributed by atoms with Crippen LogP contribution in [0.1, 0.15) is 41.5 Å². The second kappa shape index (κ2) is 6.13. The minimum absolute atomic E-state index is 0.117. The predicted octanol–water partition coefficient (Wildman–Crippen LogP) is 3.05. The molecule has 0 amide bonds. The normalized spacial score (nSPS) is 10.9. The first-order valence-electron chi connectivity index (χ1n) is 6.50. The van der Waals surface area contributed by atoms with Crippen LogP contribution in [0.5, 0.6) is 0 Å². The summed E-state index contributed by atoms with van der Waals surface area (Å²) in [5, 5.41) is 9.70. The fraction of sp³-hybridized carbons (Fsp3) is 0.267. The molecule has 0 saturated carbocycles. The Balaban J connectivity index is 2.36. The molecule has 0 spiro atoms. The van der Waals surface area contributed by atoms with Gasteiger partial charge in [0.1, 0.15) is 10.9 Å². The molecule has 2 rings (SSSR count). The van der Waals surface area contributed by atoms with Crippen LogP contribution in [0, 0.1) is 6.92 Å². The lowest BCUT2D eigenvalue weighted by molar-refractivity contribution is 0.0696. The molecule has 0 fully saturated rings. The van der Waals surface area contributed by atoms with Crippen molar-refractivity contribution in [3.63, 3.8) is 0 Å². The zero-order chi connectivity index (χ0) is 15.6. The molecular formula is C15H16N2O3S. The fourth-order valence-corrected chi connectivity index (χ4v) is 2.66. The topological polar surface area (TPSA) is 83.0 Å². The van der Waals surface area contributed by atoms with Crippen molar-refractivity contribution in [2.75, 3.05) is 0 Å². The maximum absolute atomic E-state index is 11.6. The van der Waals surface area contributed by atoms with Gasteiger partial charge in [0.15, 0.2) is 0 Å². The van der Waals surface area contributed by atoms with Crippen molar-refractivity contribution in [3.05, 3.63) is 51.6 Å². The molecule has 6 heteroatoms. The first kappa shape index (κ1) is 15.3. The molecule has 110 valence electrons. The lowest BCUT2D eigenvalue weighted by Gasteiger charge is -2.08. The Morgan fingerprint density at radius 3 is 2.67 bits per heavy atom. The van der Waals surface area contributed by atoms with E-state index in [1.807, 2.05) is 19.9 Å². The number of H-pyrrole nitrogens is 1. The summed E-state index contributed by atoms with van der Waals surface area (Å²) in [6.45, 7) is 5.64. The maximum atomic E-state index is 11.6. The van der Waals surface area contributed by atoms with Crippen LogP contribution >= 0.6 is 11.8 Å². The highest BCUT2D eigenvalue weighted by Crippen LogP contribution is 2.27. The average Bonchev–Trinajstić information content (AvgIpc) is 2.40. The summed E-state index contributed by atoms with van der Waals surface area (Å²) in [7, 11) is 0. The molecule has 5 nitrogen and oxygen atoms in total. The second-order valence-corrected chi connectivity index (χ2v) is 6.10. The van der Waals surface area contributed by atoms with Gasteiger partial charge in [0, 0.05) is 16.9 Å². The standard InChI is InChI=1S/C15H16N2O3S/c1-8(2)14-16-12(18)7-13(17-14)21-10-5-4-9(3)11(6-10)15(19)20/h4-8H,1-3H3,(H,19,20)(H,16,17,18). The number of hydrogen-bond donors (Lipinski definition) is 2. The molecule has 1 aromatic heterocycles. The number of aromatic amines is 1. The van der Waals surface area contributed by atoms with Gasteiger partial charge < -0.3 is 10.1 Å². The molecule has 0 radical (unpaired) electrons. The first-order valence-corrected chi connectivity index (χ1v) is 7.31. The number of aryl methyl sites for hydroxylation is 1. The molecule has 0 saturated heterocycles. The van der Waals surface area contributed by atoms with Gasteiger partial charge in [-0.1, -0.05) is 31.7 Å². The third kappa shape index (κ3) is 3.72. The van der Waals surface area contributed by atoms with Crippen molar-refractivity contribution < 1.29 is 9.90 Å². The van der Waals surface area contributed by atoms with Crippen LogP contribution in [0.3, 0.4) is 0 Å². The van der Waals surface area contributed by atoms with E-state index < -0.39 is 5.97 Å². The predicted molar refractivity (Wildman–Crippen MR) is 81.2 cm³/mol. The van der Waals surface area contributed by atoms with Gasteiger partial charge in [0.2, 0.25) is 0 Å². The van der Waals surface area contributed by atoms with Crippen LogP contribution in [0.15, 0.2) is 39.0 Å². The summed E-state index contributed by atoms with van der Waals surface area (Å²) in [4.78, 5) is 30.6. The summed E-state index contributed by atoms with van der Waals surface area (Å²) < 4.78 is 0.